The summed E-state index contributed by atoms with van der Waals surface area (Å²) in [7, 11) is 8.68. The van der Waals surface area contributed by atoms with Crippen LogP contribution in [0.5, 0.6) is 0 Å². The molecule has 0 nitrogen and oxygen atoms in total. The van der Waals surface area contributed by atoms with Crippen molar-refractivity contribution in [3.8, 4) is 0 Å². The molecular formula is AuMoS2. The van der Waals surface area contributed by atoms with Gasteiger partial charge in [-0.3, -0.25) is 0 Å². The second kappa shape index (κ2) is 8.85. The fourth-order valence-electron chi connectivity index (χ4n) is 0. The Morgan fingerprint density at radius 1 is 1.25 bits per heavy atom. The van der Waals surface area contributed by atoms with E-state index in [-0.39, 0.29) is 37.3 Å². The van der Waals surface area contributed by atoms with E-state index >= 15 is 0 Å². The predicted octanol–water partition coefficient (Wildman–Crippen LogP) is 1.29. The molecular weight excluding hydrogens is 357 g/mol. The quantitative estimate of drug-likeness (QED) is 0.600. The molecule has 0 amide bonds. The zero-order chi connectivity index (χ0) is 2.71. The summed E-state index contributed by atoms with van der Waals surface area (Å²) >= 11 is -0.363. The van der Waals surface area contributed by atoms with Crippen LogP contribution in [0.15, 0.2) is 0 Å². The molecule has 0 bridgehead atoms. The van der Waals surface area contributed by atoms with Gasteiger partial charge in [0.15, 0.2) is 0 Å². The molecule has 0 unspecified atom stereocenters. The van der Waals surface area contributed by atoms with Crippen LogP contribution in [0.2, 0.25) is 0 Å². The monoisotopic (exact) mass is 359 g/mol. The molecule has 0 atom stereocenters. The Balaban J connectivity index is 0. The molecule has 0 rings (SSSR count). The Kier molecular flexibility index (Phi) is 20.6. The van der Waals surface area contributed by atoms with E-state index in [9.17, 15) is 0 Å². The molecule has 0 saturated carbocycles. The van der Waals surface area contributed by atoms with E-state index in [1.165, 1.54) is 0 Å². The van der Waals surface area contributed by atoms with Crippen LogP contribution in [0.3, 0.4) is 0 Å². The topological polar surface area (TPSA) is 0 Å². The van der Waals surface area contributed by atoms with Gasteiger partial charge < -0.3 is 0 Å². The van der Waals surface area contributed by atoms with Gasteiger partial charge in [-0.25, -0.2) is 0 Å². The van der Waals surface area contributed by atoms with Gasteiger partial charge in [0, 0.05) is 22.4 Å². The molecule has 0 aromatic heterocycles. The van der Waals surface area contributed by atoms with Gasteiger partial charge in [-0.15, -0.1) is 0 Å². The van der Waals surface area contributed by atoms with Crippen molar-refractivity contribution in [1.82, 2.24) is 0 Å². The Bertz CT molecular complexity index is 27.0. The van der Waals surface area contributed by atoms with Gasteiger partial charge in [-0.2, -0.15) is 0 Å². The summed E-state index contributed by atoms with van der Waals surface area (Å²) in [5.74, 6) is 0. The van der Waals surface area contributed by atoms with Gasteiger partial charge >= 0.3 is 34.6 Å². The fourth-order valence-corrected chi connectivity index (χ4v) is 0. The van der Waals surface area contributed by atoms with Crippen molar-refractivity contribution in [3.63, 3.8) is 0 Å². The van der Waals surface area contributed by atoms with Gasteiger partial charge in [0.25, 0.3) is 0 Å². The molecule has 4 heteroatoms. The first-order chi connectivity index (χ1) is 1.41. The van der Waals surface area contributed by atoms with Crippen LogP contribution >= 0.6 is 19.6 Å². The Morgan fingerprint density at radius 2 is 1.25 bits per heavy atom. The van der Waals surface area contributed by atoms with Gasteiger partial charge in [0.1, 0.15) is 0 Å². The van der Waals surface area contributed by atoms with Crippen LogP contribution in [0.1, 0.15) is 0 Å². The normalized spacial score (nSPS) is 3.00. The molecule has 0 fully saturated rings. The molecule has 0 aliphatic rings. The molecule has 4 heavy (non-hydrogen) atoms. The third kappa shape index (κ3) is 9.12. The first-order valence-electron chi connectivity index (χ1n) is 0.333. The second-order valence-corrected chi connectivity index (χ2v) is 3.62. The standard InChI is InChI=1S/Au.Mo.2S. The van der Waals surface area contributed by atoms with Crippen molar-refractivity contribution >= 4 is 19.6 Å². The first kappa shape index (κ1) is 9.29. The van der Waals surface area contributed by atoms with E-state index in [1.807, 2.05) is 0 Å². The van der Waals surface area contributed by atoms with Gasteiger partial charge in [0.2, 0.25) is 0 Å². The van der Waals surface area contributed by atoms with Crippen molar-refractivity contribution in [2.24, 2.45) is 0 Å². The number of hydrogen-bond acceptors (Lipinski definition) is 2. The van der Waals surface area contributed by atoms with Gasteiger partial charge in [0.05, 0.1) is 0 Å². The van der Waals surface area contributed by atoms with Crippen molar-refractivity contribution < 1.29 is 37.3 Å². The summed E-state index contributed by atoms with van der Waals surface area (Å²) < 4.78 is 0. The van der Waals surface area contributed by atoms with Crippen molar-refractivity contribution in [2.75, 3.05) is 0 Å². The maximum absolute atomic E-state index is 4.34. The molecule has 29 valence electrons. The van der Waals surface area contributed by atoms with Crippen LogP contribution in [0.4, 0.5) is 0 Å². The van der Waals surface area contributed by atoms with E-state index in [1.54, 1.807) is 0 Å². The summed E-state index contributed by atoms with van der Waals surface area (Å²) in [6, 6.07) is 0. The van der Waals surface area contributed by atoms with E-state index < -0.39 is 0 Å². The molecule has 0 saturated heterocycles. The molecule has 0 N–H and O–H groups in total. The molecule has 1 radical (unpaired) electrons. The zero-order valence-corrected chi connectivity index (χ0v) is 7.33. The average molecular weight is 357 g/mol. The van der Waals surface area contributed by atoms with Crippen LogP contribution in [0, 0.1) is 0 Å². The number of hydrogen-bond donors (Lipinski definition) is 0. The molecule has 0 spiro atoms. The maximum atomic E-state index is 4.34. The van der Waals surface area contributed by atoms with Crippen LogP contribution in [-0.2, 0) is 37.3 Å². The van der Waals surface area contributed by atoms with Crippen molar-refractivity contribution in [3.05, 3.63) is 0 Å². The second-order valence-electron chi connectivity index (χ2n) is 0.0680. The Hall–Kier alpha value is 1.87. The summed E-state index contributed by atoms with van der Waals surface area (Å²) in [6.07, 6.45) is 0. The van der Waals surface area contributed by atoms with E-state index in [2.05, 4.69) is 19.6 Å². The van der Waals surface area contributed by atoms with Crippen LogP contribution in [-0.4, -0.2) is 0 Å². The summed E-state index contributed by atoms with van der Waals surface area (Å²) in [5.41, 5.74) is 0. The zero-order valence-electron chi connectivity index (χ0n) is 1.53. The first-order valence-corrected chi connectivity index (χ1v) is 5.92. The van der Waals surface area contributed by atoms with E-state index in [0.717, 1.165) is 0 Å². The summed E-state index contributed by atoms with van der Waals surface area (Å²) in [5, 5.41) is 0. The molecule has 0 aliphatic carbocycles. The average Bonchev–Trinajstić information content (AvgIpc) is 0.918. The predicted molar refractivity (Wildman–Crippen MR) is 15.2 cm³/mol. The summed E-state index contributed by atoms with van der Waals surface area (Å²) in [4.78, 5) is 0. The SMILES string of the molecule is [Au].[S]=[Mo]=[S]. The minimum atomic E-state index is -0.363. The summed E-state index contributed by atoms with van der Waals surface area (Å²) in [6.45, 7) is 0. The van der Waals surface area contributed by atoms with Crippen molar-refractivity contribution in [2.45, 2.75) is 0 Å². The van der Waals surface area contributed by atoms with Crippen molar-refractivity contribution in [1.29, 1.82) is 0 Å². The van der Waals surface area contributed by atoms with E-state index in [4.69, 9.17) is 0 Å². The molecule has 0 aromatic carbocycles. The Morgan fingerprint density at radius 3 is 1.25 bits per heavy atom. The third-order valence-corrected chi connectivity index (χ3v) is 0. The molecule has 0 aliphatic heterocycles. The van der Waals surface area contributed by atoms with Gasteiger partial charge in [-0.1, -0.05) is 0 Å². The van der Waals surface area contributed by atoms with Gasteiger partial charge in [-0.05, 0) is 0 Å². The van der Waals surface area contributed by atoms with Crippen LogP contribution in [0.25, 0.3) is 0 Å². The van der Waals surface area contributed by atoms with E-state index in [0.29, 0.717) is 0 Å². The number of rotatable bonds is 0. The molecule has 0 aromatic rings. The molecule has 0 heterocycles. The fraction of sp³-hybridized carbons (Fsp3) is 0. The third-order valence-electron chi connectivity index (χ3n) is 0. The Labute approximate surface area is 56.3 Å². The minimum absolute atomic E-state index is 0. The van der Waals surface area contributed by atoms with Crippen LogP contribution < -0.4 is 0 Å².